The van der Waals surface area contributed by atoms with Crippen molar-refractivity contribution in [1.29, 1.82) is 0 Å². The summed E-state index contributed by atoms with van der Waals surface area (Å²) in [5.41, 5.74) is 0. The molecule has 0 bridgehead atoms. The molecule has 0 aromatic carbocycles. The molecule has 1 rings (SSSR count). The zero-order valence-electron chi connectivity index (χ0n) is 10.7. The summed E-state index contributed by atoms with van der Waals surface area (Å²) in [7, 11) is 1.90. The van der Waals surface area contributed by atoms with Crippen LogP contribution in [0.1, 0.15) is 39.5 Å². The Hall–Kier alpha value is -0.280. The number of carbonyl (C=O) groups excluding carboxylic acids is 1. The van der Waals surface area contributed by atoms with Gasteiger partial charge in [-0.15, -0.1) is 12.4 Å². The van der Waals surface area contributed by atoms with E-state index in [1.54, 1.807) is 0 Å². The molecule has 0 aliphatic carbocycles. The molecule has 1 amide bonds. The fraction of sp³-hybridized carbons (Fsp3) is 0.917. The zero-order valence-corrected chi connectivity index (χ0v) is 11.5. The number of nitrogens with zero attached hydrogens (tertiary/aromatic N) is 1. The molecule has 0 saturated carbocycles. The lowest BCUT2D eigenvalue weighted by molar-refractivity contribution is -0.138. The van der Waals surface area contributed by atoms with Crippen molar-refractivity contribution >= 4 is 18.3 Å². The van der Waals surface area contributed by atoms with E-state index in [0.717, 1.165) is 19.5 Å². The van der Waals surface area contributed by atoms with Gasteiger partial charge in [-0.05, 0) is 32.7 Å². The van der Waals surface area contributed by atoms with Crippen LogP contribution in [0.5, 0.6) is 0 Å². The van der Waals surface area contributed by atoms with E-state index in [9.17, 15) is 4.79 Å². The summed E-state index contributed by atoms with van der Waals surface area (Å²) in [5, 5.41) is 3.07. The summed E-state index contributed by atoms with van der Waals surface area (Å²) in [6, 6.07) is 0.491. The van der Waals surface area contributed by atoms with E-state index in [1.807, 2.05) is 14.0 Å². The average molecular weight is 249 g/mol. The monoisotopic (exact) mass is 248 g/mol. The molecule has 1 N–H and O–H groups in total. The van der Waals surface area contributed by atoms with Gasteiger partial charge < -0.3 is 10.2 Å². The number of halogens is 1. The smallest absolute Gasteiger partial charge is 0.226 e. The Balaban J connectivity index is 0.00000225. The van der Waals surface area contributed by atoms with E-state index in [2.05, 4.69) is 17.1 Å². The molecule has 1 heterocycles. The Kier molecular flexibility index (Phi) is 7.77. The van der Waals surface area contributed by atoms with Crippen LogP contribution in [-0.2, 0) is 4.79 Å². The van der Waals surface area contributed by atoms with Gasteiger partial charge in [0.05, 0.1) is 0 Å². The highest BCUT2D eigenvalue weighted by atomic mass is 35.5. The summed E-state index contributed by atoms with van der Waals surface area (Å²) < 4.78 is 0. The van der Waals surface area contributed by atoms with Crippen LogP contribution in [-0.4, -0.2) is 37.0 Å². The van der Waals surface area contributed by atoms with E-state index in [0.29, 0.717) is 11.9 Å². The standard InChI is InChI=1S/C12H24N2O.ClH/c1-4-11-7-5-6-8-14(11)12(15)10(2)9-13-3;/h10-11,13H,4-9H2,1-3H3;1H. The average Bonchev–Trinajstić information content (AvgIpc) is 2.28. The van der Waals surface area contributed by atoms with Crippen molar-refractivity contribution in [3.8, 4) is 0 Å². The number of likely N-dealkylation sites (tertiary alicyclic amines) is 1. The van der Waals surface area contributed by atoms with Crippen molar-refractivity contribution in [3.63, 3.8) is 0 Å². The van der Waals surface area contributed by atoms with Crippen molar-refractivity contribution < 1.29 is 4.79 Å². The van der Waals surface area contributed by atoms with E-state index < -0.39 is 0 Å². The fourth-order valence-corrected chi connectivity index (χ4v) is 2.39. The molecule has 1 aliphatic heterocycles. The molecule has 96 valence electrons. The lowest BCUT2D eigenvalue weighted by Gasteiger charge is -2.37. The maximum absolute atomic E-state index is 12.1. The number of rotatable bonds is 4. The number of amides is 1. The molecule has 3 nitrogen and oxygen atoms in total. The lowest BCUT2D eigenvalue weighted by atomic mass is 9.98. The number of nitrogens with one attached hydrogen (secondary N) is 1. The SMILES string of the molecule is CCC1CCCCN1C(=O)C(C)CNC.Cl. The third kappa shape index (κ3) is 3.95. The topological polar surface area (TPSA) is 32.3 Å². The summed E-state index contributed by atoms with van der Waals surface area (Å²) in [5.74, 6) is 0.443. The second-order valence-corrected chi connectivity index (χ2v) is 4.55. The predicted molar refractivity (Wildman–Crippen MR) is 70.0 cm³/mol. The first kappa shape index (κ1) is 15.7. The van der Waals surface area contributed by atoms with Crippen molar-refractivity contribution in [2.45, 2.75) is 45.6 Å². The first-order valence-corrected chi connectivity index (χ1v) is 6.15. The highest BCUT2D eigenvalue weighted by molar-refractivity contribution is 5.85. The second-order valence-electron chi connectivity index (χ2n) is 4.55. The van der Waals surface area contributed by atoms with Crippen LogP contribution in [0.15, 0.2) is 0 Å². The molecule has 2 unspecified atom stereocenters. The molecule has 4 heteroatoms. The van der Waals surface area contributed by atoms with Gasteiger partial charge in [-0.3, -0.25) is 4.79 Å². The molecular formula is C12H25ClN2O. The van der Waals surface area contributed by atoms with Crippen LogP contribution in [0, 0.1) is 5.92 Å². The van der Waals surface area contributed by atoms with Crippen molar-refractivity contribution in [1.82, 2.24) is 10.2 Å². The molecule has 0 radical (unpaired) electrons. The van der Waals surface area contributed by atoms with Crippen LogP contribution < -0.4 is 5.32 Å². The van der Waals surface area contributed by atoms with Gasteiger partial charge in [0.15, 0.2) is 0 Å². The van der Waals surface area contributed by atoms with Crippen LogP contribution in [0.4, 0.5) is 0 Å². The molecule has 2 atom stereocenters. The second kappa shape index (κ2) is 7.91. The lowest BCUT2D eigenvalue weighted by Crippen LogP contribution is -2.47. The van der Waals surface area contributed by atoms with Gasteiger partial charge in [0.25, 0.3) is 0 Å². The largest absolute Gasteiger partial charge is 0.339 e. The number of hydrogen-bond acceptors (Lipinski definition) is 2. The Bertz CT molecular complexity index is 211. The summed E-state index contributed by atoms with van der Waals surface area (Å²) in [4.78, 5) is 14.2. The number of piperidine rings is 1. The first-order valence-electron chi connectivity index (χ1n) is 6.15. The quantitative estimate of drug-likeness (QED) is 0.826. The molecule has 0 aromatic rings. The first-order chi connectivity index (χ1) is 7.20. The summed E-state index contributed by atoms with van der Waals surface area (Å²) in [6.07, 6.45) is 4.74. The third-order valence-corrected chi connectivity index (χ3v) is 3.31. The normalized spacial score (nSPS) is 22.4. The van der Waals surface area contributed by atoms with Crippen LogP contribution in [0.3, 0.4) is 0 Å². The molecule has 0 aromatic heterocycles. The number of hydrogen-bond donors (Lipinski definition) is 1. The Morgan fingerprint density at radius 2 is 2.19 bits per heavy atom. The van der Waals surface area contributed by atoms with E-state index in [1.165, 1.54) is 19.3 Å². The minimum Gasteiger partial charge on any atom is -0.339 e. The summed E-state index contributed by atoms with van der Waals surface area (Å²) >= 11 is 0. The van der Waals surface area contributed by atoms with Gasteiger partial charge in [-0.1, -0.05) is 13.8 Å². The molecule has 0 spiro atoms. The highest BCUT2D eigenvalue weighted by Gasteiger charge is 2.27. The Morgan fingerprint density at radius 3 is 2.75 bits per heavy atom. The van der Waals surface area contributed by atoms with Crippen molar-refractivity contribution in [3.05, 3.63) is 0 Å². The number of carbonyl (C=O) groups is 1. The van der Waals surface area contributed by atoms with Gasteiger partial charge in [0.1, 0.15) is 0 Å². The van der Waals surface area contributed by atoms with E-state index in [4.69, 9.17) is 0 Å². The predicted octanol–water partition coefficient (Wildman–Crippen LogP) is 2.05. The third-order valence-electron chi connectivity index (χ3n) is 3.31. The molecule has 1 aliphatic rings. The minimum atomic E-state index is 0. The van der Waals surface area contributed by atoms with E-state index in [-0.39, 0.29) is 18.3 Å². The van der Waals surface area contributed by atoms with Gasteiger partial charge in [0, 0.05) is 25.0 Å². The maximum Gasteiger partial charge on any atom is 0.226 e. The van der Waals surface area contributed by atoms with Gasteiger partial charge in [0.2, 0.25) is 5.91 Å². The molecule has 16 heavy (non-hydrogen) atoms. The van der Waals surface area contributed by atoms with Crippen LogP contribution in [0.2, 0.25) is 0 Å². The molecular weight excluding hydrogens is 224 g/mol. The van der Waals surface area contributed by atoms with Crippen molar-refractivity contribution in [2.24, 2.45) is 5.92 Å². The van der Waals surface area contributed by atoms with Gasteiger partial charge >= 0.3 is 0 Å². The zero-order chi connectivity index (χ0) is 11.3. The van der Waals surface area contributed by atoms with Gasteiger partial charge in [-0.25, -0.2) is 0 Å². The highest BCUT2D eigenvalue weighted by Crippen LogP contribution is 2.21. The fourth-order valence-electron chi connectivity index (χ4n) is 2.39. The van der Waals surface area contributed by atoms with Gasteiger partial charge in [-0.2, -0.15) is 0 Å². The van der Waals surface area contributed by atoms with Crippen LogP contribution in [0.25, 0.3) is 0 Å². The Labute approximate surface area is 105 Å². The van der Waals surface area contributed by atoms with E-state index >= 15 is 0 Å². The van der Waals surface area contributed by atoms with Crippen LogP contribution >= 0.6 is 12.4 Å². The minimum absolute atomic E-state index is 0. The molecule has 1 saturated heterocycles. The van der Waals surface area contributed by atoms with Crippen molar-refractivity contribution in [2.75, 3.05) is 20.1 Å². The molecule has 1 fully saturated rings. The maximum atomic E-state index is 12.1. The Morgan fingerprint density at radius 1 is 1.50 bits per heavy atom. The summed E-state index contributed by atoms with van der Waals surface area (Å²) in [6.45, 7) is 5.94.